The van der Waals surface area contributed by atoms with E-state index in [1.165, 1.54) is 66.4 Å². The van der Waals surface area contributed by atoms with E-state index >= 15 is 0 Å². The lowest BCUT2D eigenvalue weighted by molar-refractivity contribution is 1.08. The largest absolute Gasteiger partial charge is 0.377 e. The first kappa shape index (κ1) is 32.5. The third kappa shape index (κ3) is 5.58. The molecule has 224 valence electrons. The van der Waals surface area contributed by atoms with Gasteiger partial charge in [-0.25, -0.2) is 0 Å². The van der Waals surface area contributed by atoms with E-state index in [9.17, 15) is 0 Å². The molecular formula is C33H51ClN6Si. The molecule has 0 atom stereocenters. The Kier molecular flexibility index (Phi) is 9.56. The zero-order valence-electron chi connectivity index (χ0n) is 28.0. The summed E-state index contributed by atoms with van der Waals surface area (Å²) in [5.74, 6) is 0. The number of anilines is 6. The minimum atomic E-state index is -3.18. The van der Waals surface area contributed by atoms with Crippen LogP contribution in [0.2, 0.25) is 0 Å². The molecule has 0 saturated carbocycles. The van der Waals surface area contributed by atoms with Gasteiger partial charge in [-0.15, -0.1) is 11.1 Å². The van der Waals surface area contributed by atoms with Gasteiger partial charge in [-0.1, -0.05) is 18.2 Å². The number of hydrogen-bond donors (Lipinski definition) is 0. The molecule has 8 heteroatoms. The van der Waals surface area contributed by atoms with E-state index in [4.69, 9.17) is 11.1 Å². The van der Waals surface area contributed by atoms with Gasteiger partial charge in [0, 0.05) is 119 Å². The van der Waals surface area contributed by atoms with E-state index in [1.807, 2.05) is 0 Å². The highest BCUT2D eigenvalue weighted by atomic mass is 35.6. The van der Waals surface area contributed by atoms with Gasteiger partial charge in [0.15, 0.2) is 0 Å². The van der Waals surface area contributed by atoms with Gasteiger partial charge in [-0.2, -0.15) is 0 Å². The van der Waals surface area contributed by atoms with Crippen LogP contribution in [0.4, 0.5) is 34.1 Å². The fourth-order valence-corrected chi connectivity index (χ4v) is 11.9. The Morgan fingerprint density at radius 2 is 0.610 bits per heavy atom. The normalized spacial score (nSPS) is 11.4. The predicted octanol–water partition coefficient (Wildman–Crippen LogP) is 4.21. The van der Waals surface area contributed by atoms with Crippen LogP contribution < -0.4 is 45.0 Å². The summed E-state index contributed by atoms with van der Waals surface area (Å²) in [5, 5.41) is 3.60. The van der Waals surface area contributed by atoms with Crippen LogP contribution in [0, 0.1) is 20.8 Å². The van der Waals surface area contributed by atoms with Crippen LogP contribution in [0.3, 0.4) is 0 Å². The molecule has 0 aliphatic carbocycles. The van der Waals surface area contributed by atoms with Gasteiger partial charge in [0.25, 0.3) is 7.38 Å². The van der Waals surface area contributed by atoms with Crippen LogP contribution in [0.25, 0.3) is 0 Å². The number of hydrogen-bond acceptors (Lipinski definition) is 6. The lowest BCUT2D eigenvalue weighted by Crippen LogP contribution is -2.65. The van der Waals surface area contributed by atoms with E-state index in [2.05, 4.69) is 171 Å². The second-order valence-electron chi connectivity index (χ2n) is 12.3. The van der Waals surface area contributed by atoms with Crippen LogP contribution in [-0.2, 0) is 0 Å². The predicted molar refractivity (Wildman–Crippen MR) is 190 cm³/mol. The molecule has 41 heavy (non-hydrogen) atoms. The van der Waals surface area contributed by atoms with Gasteiger partial charge in [-0.05, 0) is 71.2 Å². The van der Waals surface area contributed by atoms with Crippen molar-refractivity contribution in [2.75, 3.05) is 114 Å². The second kappa shape index (κ2) is 12.1. The minimum absolute atomic E-state index is 1.19. The van der Waals surface area contributed by atoms with Crippen molar-refractivity contribution in [3.63, 3.8) is 0 Å². The molecule has 3 aromatic carbocycles. The summed E-state index contributed by atoms with van der Waals surface area (Å²) < 4.78 is 0. The Morgan fingerprint density at radius 3 is 0.780 bits per heavy atom. The summed E-state index contributed by atoms with van der Waals surface area (Å²) in [6, 6.07) is 13.6. The zero-order chi connectivity index (χ0) is 31.1. The summed E-state index contributed by atoms with van der Waals surface area (Å²) in [5.41, 5.74) is 10.9. The molecular weight excluding hydrogens is 544 g/mol. The fourth-order valence-electron chi connectivity index (χ4n) is 6.52. The Bertz CT molecular complexity index is 1240. The van der Waals surface area contributed by atoms with Crippen molar-refractivity contribution in [3.05, 3.63) is 53.1 Å². The zero-order valence-corrected chi connectivity index (χ0v) is 29.8. The quantitative estimate of drug-likeness (QED) is 0.208. The molecule has 0 spiro atoms. The van der Waals surface area contributed by atoms with Crippen molar-refractivity contribution in [2.24, 2.45) is 0 Å². The molecule has 0 heterocycles. The van der Waals surface area contributed by atoms with Crippen LogP contribution in [0.1, 0.15) is 16.7 Å². The maximum absolute atomic E-state index is 8.49. The van der Waals surface area contributed by atoms with Crippen molar-refractivity contribution in [1.82, 2.24) is 0 Å². The average molecular weight is 595 g/mol. The Balaban J connectivity index is 2.68. The van der Waals surface area contributed by atoms with Crippen LogP contribution in [-0.4, -0.2) is 92.0 Å². The van der Waals surface area contributed by atoms with Crippen LogP contribution in [0.15, 0.2) is 36.4 Å². The maximum Gasteiger partial charge on any atom is 0.254 e. The molecule has 0 fully saturated rings. The lowest BCUT2D eigenvalue weighted by atomic mass is 10.1. The minimum Gasteiger partial charge on any atom is -0.377 e. The Labute approximate surface area is 255 Å². The van der Waals surface area contributed by atoms with Gasteiger partial charge >= 0.3 is 0 Å². The first-order valence-electron chi connectivity index (χ1n) is 14.1. The molecule has 3 rings (SSSR count). The number of benzene rings is 3. The molecule has 0 amide bonds. The van der Waals surface area contributed by atoms with E-state index < -0.39 is 7.38 Å². The highest BCUT2D eigenvalue weighted by molar-refractivity contribution is 7.41. The topological polar surface area (TPSA) is 19.4 Å². The number of nitrogens with zero attached hydrogens (tertiary/aromatic N) is 6. The summed E-state index contributed by atoms with van der Waals surface area (Å²) in [4.78, 5) is 13.3. The molecule has 0 saturated heterocycles. The standard InChI is InChI=1S/C33H51ClN6Si/c1-22-25(35(4)5)16-19-28(31(22)38(10)11)41(34,29-20-17-26(36(6)7)23(2)32(29)39(12)13)30-21-18-27(37(8)9)24(3)33(30)40(14)15/h16-21H,1-15H3. The van der Waals surface area contributed by atoms with Crippen molar-refractivity contribution in [3.8, 4) is 0 Å². The smallest absolute Gasteiger partial charge is 0.254 e. The molecule has 0 aromatic heterocycles. The number of rotatable bonds is 9. The van der Waals surface area contributed by atoms with Crippen LogP contribution >= 0.6 is 11.1 Å². The molecule has 0 bridgehead atoms. The van der Waals surface area contributed by atoms with Crippen molar-refractivity contribution >= 4 is 68.1 Å². The van der Waals surface area contributed by atoms with Crippen LogP contribution in [0.5, 0.6) is 0 Å². The van der Waals surface area contributed by atoms with Gasteiger partial charge in [0.05, 0.1) is 0 Å². The summed E-state index contributed by atoms with van der Waals surface area (Å²) in [6.45, 7) is 6.67. The highest BCUT2D eigenvalue weighted by Crippen LogP contribution is 2.36. The van der Waals surface area contributed by atoms with Gasteiger partial charge < -0.3 is 29.4 Å². The molecule has 0 aliphatic rings. The second-order valence-corrected chi connectivity index (χ2v) is 17.0. The Hall–Kier alpha value is -3.03. The molecule has 0 aliphatic heterocycles. The monoisotopic (exact) mass is 594 g/mol. The van der Waals surface area contributed by atoms with Gasteiger partial charge in [0.2, 0.25) is 0 Å². The van der Waals surface area contributed by atoms with E-state index in [0.29, 0.717) is 0 Å². The first-order chi connectivity index (χ1) is 19.0. The third-order valence-electron chi connectivity index (χ3n) is 8.11. The molecule has 0 unspecified atom stereocenters. The molecule has 0 radical (unpaired) electrons. The number of halogens is 1. The SMILES string of the molecule is Cc1c(N(C)C)ccc([Si](Cl)(c2ccc(N(C)C)c(C)c2N(C)C)c2ccc(N(C)C)c(C)c2N(C)C)c1N(C)C. The van der Waals surface area contributed by atoms with E-state index in [-0.39, 0.29) is 0 Å². The van der Waals surface area contributed by atoms with Crippen molar-refractivity contribution < 1.29 is 0 Å². The average Bonchev–Trinajstić information content (AvgIpc) is 2.86. The highest BCUT2D eigenvalue weighted by Gasteiger charge is 2.46. The van der Waals surface area contributed by atoms with Crippen molar-refractivity contribution in [2.45, 2.75) is 20.8 Å². The summed E-state index contributed by atoms with van der Waals surface area (Å²) in [7, 11) is 22.3. The van der Waals surface area contributed by atoms with Gasteiger partial charge in [0.1, 0.15) is 0 Å². The third-order valence-corrected chi connectivity index (χ3v) is 13.4. The lowest BCUT2D eigenvalue weighted by Gasteiger charge is -2.38. The first-order valence-corrected chi connectivity index (χ1v) is 17.1. The van der Waals surface area contributed by atoms with E-state index in [1.54, 1.807) is 0 Å². The molecule has 6 nitrogen and oxygen atoms in total. The molecule has 0 N–H and O–H groups in total. The summed E-state index contributed by atoms with van der Waals surface area (Å²) >= 11 is 8.49. The molecule has 3 aromatic rings. The van der Waals surface area contributed by atoms with Crippen molar-refractivity contribution in [1.29, 1.82) is 0 Å². The Morgan fingerprint density at radius 1 is 0.390 bits per heavy atom. The van der Waals surface area contributed by atoms with Gasteiger partial charge in [-0.3, -0.25) is 0 Å². The maximum atomic E-state index is 8.49. The summed E-state index contributed by atoms with van der Waals surface area (Å²) in [6.07, 6.45) is 0. The van der Waals surface area contributed by atoms with E-state index in [0.717, 1.165) is 0 Å². The fraction of sp³-hybridized carbons (Fsp3) is 0.455.